The molecule has 54 heavy (non-hydrogen) atoms. The minimum absolute atomic E-state index is 0.0241. The minimum atomic E-state index is -4.78. The molecule has 0 unspecified atom stereocenters. The van der Waals surface area contributed by atoms with Crippen molar-refractivity contribution in [1.29, 1.82) is 10.5 Å². The molecule has 266 valence electrons. The molecule has 0 spiro atoms. The van der Waals surface area contributed by atoms with E-state index in [2.05, 4.69) is 105 Å². The van der Waals surface area contributed by atoms with E-state index < -0.39 is 11.7 Å². The van der Waals surface area contributed by atoms with Crippen molar-refractivity contribution in [3.05, 3.63) is 143 Å². The molecule has 0 aliphatic heterocycles. The second-order valence-corrected chi connectivity index (χ2v) is 16.0. The zero-order valence-corrected chi connectivity index (χ0v) is 30.9. The maximum absolute atomic E-state index is 14.8. The quantitative estimate of drug-likeness (QED) is 0.183. The molecule has 2 aromatic heterocycles. The van der Waals surface area contributed by atoms with Crippen LogP contribution < -0.4 is 0 Å². The van der Waals surface area contributed by atoms with Crippen LogP contribution in [0.4, 0.5) is 13.2 Å². The summed E-state index contributed by atoms with van der Waals surface area (Å²) in [7, 11) is 0. The van der Waals surface area contributed by atoms with Gasteiger partial charge < -0.3 is 9.13 Å². The third kappa shape index (κ3) is 5.43. The number of hydrogen-bond donors (Lipinski definition) is 0. The summed E-state index contributed by atoms with van der Waals surface area (Å²) in [4.78, 5) is 0. The molecule has 0 atom stereocenters. The van der Waals surface area contributed by atoms with E-state index in [1.165, 1.54) is 12.1 Å². The molecule has 0 radical (unpaired) electrons. The highest BCUT2D eigenvalue weighted by Gasteiger charge is 2.36. The molecular formula is C47H37F3N4. The molecule has 2 heterocycles. The Bertz CT molecular complexity index is 2910. The molecule has 0 N–H and O–H groups in total. The summed E-state index contributed by atoms with van der Waals surface area (Å²) < 4.78 is 48.7. The van der Waals surface area contributed by atoms with E-state index in [1.54, 1.807) is 12.1 Å². The average molecular weight is 715 g/mol. The SMILES string of the molecule is CC(C)(C)c1ccc2c3ccccc3n(-c3cc(C#N)c(-c4c(C#N)cccc4C(F)(F)F)cc3-n3c4ccccc4c4ccc(C(C)(C)C)cc43)c2c1. The van der Waals surface area contributed by atoms with Gasteiger partial charge >= 0.3 is 6.18 Å². The van der Waals surface area contributed by atoms with Gasteiger partial charge in [-0.15, -0.1) is 0 Å². The van der Waals surface area contributed by atoms with Crippen LogP contribution in [0.5, 0.6) is 0 Å². The highest BCUT2D eigenvalue weighted by Crippen LogP contribution is 2.45. The number of halogens is 3. The van der Waals surface area contributed by atoms with Crippen LogP contribution in [0.3, 0.4) is 0 Å². The van der Waals surface area contributed by atoms with E-state index in [4.69, 9.17) is 0 Å². The van der Waals surface area contributed by atoms with Crippen LogP contribution in [0.1, 0.15) is 69.4 Å². The largest absolute Gasteiger partial charge is 0.417 e. The highest BCUT2D eigenvalue weighted by atomic mass is 19.4. The van der Waals surface area contributed by atoms with Gasteiger partial charge in [-0.3, -0.25) is 0 Å². The Morgan fingerprint density at radius 2 is 0.944 bits per heavy atom. The topological polar surface area (TPSA) is 57.4 Å². The van der Waals surface area contributed by atoms with Gasteiger partial charge in [0.05, 0.1) is 62.3 Å². The first-order valence-corrected chi connectivity index (χ1v) is 17.9. The van der Waals surface area contributed by atoms with Crippen LogP contribution >= 0.6 is 0 Å². The molecule has 0 fully saturated rings. The zero-order chi connectivity index (χ0) is 38.3. The lowest BCUT2D eigenvalue weighted by Gasteiger charge is -2.23. The molecule has 0 amide bonds. The number of nitrogens with zero attached hydrogens (tertiary/aromatic N) is 4. The van der Waals surface area contributed by atoms with Gasteiger partial charge in [0.25, 0.3) is 0 Å². The Morgan fingerprint density at radius 1 is 0.481 bits per heavy atom. The Balaban J connectivity index is 1.62. The Hall–Kier alpha value is -6.31. The number of aromatic nitrogens is 2. The number of nitriles is 2. The summed E-state index contributed by atoms with van der Waals surface area (Å²) in [5.74, 6) is 0. The molecule has 0 saturated carbocycles. The number of para-hydroxylation sites is 2. The van der Waals surface area contributed by atoms with E-state index in [0.29, 0.717) is 11.4 Å². The zero-order valence-electron chi connectivity index (χ0n) is 30.9. The molecule has 8 aromatic rings. The number of fused-ring (bicyclic) bond motifs is 6. The second kappa shape index (κ2) is 12.1. The van der Waals surface area contributed by atoms with Crippen LogP contribution in [-0.4, -0.2) is 9.13 Å². The lowest BCUT2D eigenvalue weighted by Crippen LogP contribution is -2.12. The smallest absolute Gasteiger partial charge is 0.307 e. The summed E-state index contributed by atoms with van der Waals surface area (Å²) in [6, 6.07) is 40.1. The Labute approximate surface area is 311 Å². The Kier molecular flexibility index (Phi) is 7.80. The number of alkyl halides is 3. The first kappa shape index (κ1) is 34.8. The van der Waals surface area contributed by atoms with Crippen molar-refractivity contribution in [3.63, 3.8) is 0 Å². The van der Waals surface area contributed by atoms with Gasteiger partial charge in [0.15, 0.2) is 0 Å². The fraction of sp³-hybridized carbons (Fsp3) is 0.191. The Morgan fingerprint density at radius 3 is 1.41 bits per heavy atom. The molecule has 6 aromatic carbocycles. The van der Waals surface area contributed by atoms with E-state index in [1.807, 2.05) is 42.5 Å². The van der Waals surface area contributed by atoms with Gasteiger partial charge in [-0.25, -0.2) is 0 Å². The lowest BCUT2D eigenvalue weighted by atomic mass is 9.86. The van der Waals surface area contributed by atoms with E-state index in [9.17, 15) is 23.7 Å². The summed E-state index contributed by atoms with van der Waals surface area (Å²) >= 11 is 0. The third-order valence-electron chi connectivity index (χ3n) is 10.6. The molecular weight excluding hydrogens is 678 g/mol. The van der Waals surface area contributed by atoms with Crippen LogP contribution in [-0.2, 0) is 17.0 Å². The van der Waals surface area contributed by atoms with Gasteiger partial charge in [0.1, 0.15) is 0 Å². The average Bonchev–Trinajstić information content (AvgIpc) is 3.65. The summed E-state index contributed by atoms with van der Waals surface area (Å²) in [5.41, 5.74) is 5.18. The van der Waals surface area contributed by atoms with Crippen molar-refractivity contribution < 1.29 is 13.2 Å². The van der Waals surface area contributed by atoms with Crippen LogP contribution in [0, 0.1) is 22.7 Å². The van der Waals surface area contributed by atoms with E-state index in [-0.39, 0.29) is 33.1 Å². The predicted octanol–water partition coefficient (Wildman–Crippen LogP) is 12.9. The molecule has 8 rings (SSSR count). The van der Waals surface area contributed by atoms with E-state index >= 15 is 0 Å². The van der Waals surface area contributed by atoms with Gasteiger partial charge in [-0.05, 0) is 70.5 Å². The maximum atomic E-state index is 14.8. The van der Waals surface area contributed by atoms with Crippen LogP contribution in [0.2, 0.25) is 0 Å². The molecule has 4 nitrogen and oxygen atoms in total. The van der Waals surface area contributed by atoms with Crippen molar-refractivity contribution >= 4 is 43.6 Å². The van der Waals surface area contributed by atoms with Crippen molar-refractivity contribution in [3.8, 4) is 34.6 Å². The fourth-order valence-corrected chi connectivity index (χ4v) is 7.80. The third-order valence-corrected chi connectivity index (χ3v) is 10.6. The fourth-order valence-electron chi connectivity index (χ4n) is 7.80. The monoisotopic (exact) mass is 714 g/mol. The van der Waals surface area contributed by atoms with Crippen molar-refractivity contribution in [1.82, 2.24) is 9.13 Å². The molecule has 0 saturated heterocycles. The van der Waals surface area contributed by atoms with Gasteiger partial charge in [0.2, 0.25) is 0 Å². The minimum Gasteiger partial charge on any atom is -0.307 e. The van der Waals surface area contributed by atoms with Gasteiger partial charge in [-0.1, -0.05) is 108 Å². The van der Waals surface area contributed by atoms with Crippen LogP contribution in [0.15, 0.2) is 115 Å². The first-order valence-electron chi connectivity index (χ1n) is 17.9. The molecule has 0 aliphatic rings. The van der Waals surface area contributed by atoms with Crippen molar-refractivity contribution in [2.45, 2.75) is 58.5 Å². The van der Waals surface area contributed by atoms with Gasteiger partial charge in [-0.2, -0.15) is 23.7 Å². The summed E-state index contributed by atoms with van der Waals surface area (Å²) in [5, 5.41) is 25.0. The summed E-state index contributed by atoms with van der Waals surface area (Å²) in [6.45, 7) is 12.9. The lowest BCUT2D eigenvalue weighted by molar-refractivity contribution is -0.137. The molecule has 0 bridgehead atoms. The normalized spacial score (nSPS) is 12.5. The molecule has 7 heteroatoms. The number of rotatable bonds is 3. The maximum Gasteiger partial charge on any atom is 0.417 e. The van der Waals surface area contributed by atoms with Crippen LogP contribution in [0.25, 0.3) is 66.1 Å². The summed E-state index contributed by atoms with van der Waals surface area (Å²) in [6.07, 6.45) is -4.78. The second-order valence-electron chi connectivity index (χ2n) is 16.0. The number of benzene rings is 6. The molecule has 0 aliphatic carbocycles. The van der Waals surface area contributed by atoms with Crippen molar-refractivity contribution in [2.75, 3.05) is 0 Å². The predicted molar refractivity (Wildman–Crippen MR) is 212 cm³/mol. The standard InChI is InChI=1S/C47H37F3N4/c1-45(2,3)30-18-20-34-32-13-7-9-16-38(32)53(40(34)23-30)42-22-29(27-52)36(44-28(26-51)12-11-15-37(44)47(48,49)50)25-43(42)54-39-17-10-8-14-33(39)35-21-19-31(24-41(35)54)46(4,5)6/h7-25H,1-6H3. The van der Waals surface area contributed by atoms with Crippen molar-refractivity contribution in [2.24, 2.45) is 0 Å². The first-order chi connectivity index (χ1) is 25.6. The van der Waals surface area contributed by atoms with E-state index in [0.717, 1.165) is 60.8 Å². The van der Waals surface area contributed by atoms with Gasteiger partial charge in [0, 0.05) is 32.7 Å². The highest BCUT2D eigenvalue weighted by molar-refractivity contribution is 6.12. The number of hydrogen-bond acceptors (Lipinski definition) is 2.